The Hall–Kier alpha value is -2.79. The van der Waals surface area contributed by atoms with E-state index in [9.17, 15) is 29.5 Å². The van der Waals surface area contributed by atoms with Crippen LogP contribution < -0.4 is 0 Å². The fraction of sp³-hybridized carbons (Fsp3) is 0.757. The second kappa shape index (κ2) is 9.62. The molecule has 9 atom stereocenters. The first-order chi connectivity index (χ1) is 20.8. The van der Waals surface area contributed by atoms with Crippen molar-refractivity contribution in [2.45, 2.75) is 118 Å². The number of methoxy groups -OCH3 is 1. The Morgan fingerprint density at radius 3 is 2.29 bits per heavy atom. The summed E-state index contributed by atoms with van der Waals surface area (Å²) in [6.07, 6.45) is 9.45. The highest BCUT2D eigenvalue weighted by atomic mass is 16.5. The van der Waals surface area contributed by atoms with E-state index in [4.69, 9.17) is 4.74 Å². The summed E-state index contributed by atoms with van der Waals surface area (Å²) in [4.78, 5) is 56.6. The molecule has 1 heterocycles. The fourth-order valence-electron chi connectivity index (χ4n) is 11.7. The minimum Gasteiger partial charge on any atom is -0.467 e. The van der Waals surface area contributed by atoms with Crippen LogP contribution in [0.1, 0.15) is 106 Å². The van der Waals surface area contributed by atoms with E-state index in [1.54, 1.807) is 11.0 Å². The van der Waals surface area contributed by atoms with Crippen molar-refractivity contribution in [3.8, 4) is 6.07 Å². The van der Waals surface area contributed by atoms with Gasteiger partial charge in [-0.25, -0.2) is 4.79 Å². The summed E-state index contributed by atoms with van der Waals surface area (Å²) in [5.74, 6) is -1.48. The molecule has 0 spiro atoms. The minimum atomic E-state index is -1.70. The molecule has 0 bridgehead atoms. The zero-order valence-electron chi connectivity index (χ0n) is 28.3. The molecule has 45 heavy (non-hydrogen) atoms. The van der Waals surface area contributed by atoms with Crippen LogP contribution in [-0.2, 0) is 23.9 Å². The first kappa shape index (κ1) is 32.2. The molecule has 1 aliphatic heterocycles. The number of fused-ring (bicyclic) bond motifs is 7. The monoisotopic (exact) mass is 618 g/mol. The number of nitrogens with zero attached hydrogens (tertiary/aromatic N) is 2. The van der Waals surface area contributed by atoms with E-state index in [0.717, 1.165) is 24.8 Å². The highest BCUT2D eigenvalue weighted by Gasteiger charge is 2.75. The van der Waals surface area contributed by atoms with Gasteiger partial charge in [-0.15, -0.1) is 0 Å². The maximum Gasteiger partial charge on any atom is 0.328 e. The van der Waals surface area contributed by atoms with Crippen LogP contribution >= 0.6 is 0 Å². The van der Waals surface area contributed by atoms with Crippen LogP contribution in [-0.4, -0.2) is 58.7 Å². The molecule has 8 heteroatoms. The molecule has 0 unspecified atom stereocenters. The van der Waals surface area contributed by atoms with Crippen molar-refractivity contribution >= 4 is 23.4 Å². The minimum absolute atomic E-state index is 0.0795. The third-order valence-electron chi connectivity index (χ3n) is 14.8. The van der Waals surface area contributed by atoms with E-state index >= 15 is 0 Å². The standard InChI is InChI=1S/C37H50N2O6/c1-31(2)24-11-12-35(6)25(34(24,5)19-22(21-38)28(31)41)18-27(40)37(44)26-20-33(4,14-13-32(26,3)15-16-36(35,37)7)30(43)39-17-9-10-23(39)29(42)45-8/h18-19,23-24,26,44H,9-17,20H2,1-8H3/t23-,24-,26+,32+,33-,34-,35+,36-,37+/m0/s1. The highest BCUT2D eigenvalue weighted by molar-refractivity contribution is 6.05. The van der Waals surface area contributed by atoms with E-state index in [1.165, 1.54) is 7.11 Å². The summed E-state index contributed by atoms with van der Waals surface area (Å²) in [6, 6.07) is 1.55. The number of esters is 1. The number of likely N-dealkylation sites (tertiary alicyclic amines) is 1. The zero-order chi connectivity index (χ0) is 33.2. The molecule has 244 valence electrons. The van der Waals surface area contributed by atoms with Crippen molar-refractivity contribution in [2.75, 3.05) is 13.7 Å². The number of aliphatic hydroxyl groups is 1. The summed E-state index contributed by atoms with van der Waals surface area (Å²) in [5.41, 5.74) is -4.63. The second-order valence-corrected chi connectivity index (χ2v) is 17.1. The van der Waals surface area contributed by atoms with E-state index in [-0.39, 0.29) is 34.4 Å². The summed E-state index contributed by atoms with van der Waals surface area (Å²) in [5, 5.41) is 23.1. The lowest BCUT2D eigenvalue weighted by Gasteiger charge is -2.71. The lowest BCUT2D eigenvalue weighted by Crippen LogP contribution is -2.74. The second-order valence-electron chi connectivity index (χ2n) is 17.1. The molecule has 8 nitrogen and oxygen atoms in total. The predicted octanol–water partition coefficient (Wildman–Crippen LogP) is 5.48. The van der Waals surface area contributed by atoms with Crippen molar-refractivity contribution in [1.82, 2.24) is 4.90 Å². The van der Waals surface area contributed by atoms with Crippen LogP contribution in [0.4, 0.5) is 0 Å². The Labute approximate surface area is 267 Å². The molecule has 0 aromatic rings. The van der Waals surface area contributed by atoms with Crippen molar-refractivity contribution in [3.05, 3.63) is 23.3 Å². The SMILES string of the molecule is COC(=O)[C@@H]1CCCN1C(=O)[C@@]1(C)CC[C@]2(C)CC[C@@]3(C)[C@]4(C)CC[C@H]5C(C)(C)C(=O)C(C#N)=C[C@]5(C)C4=CC(=O)[C@]3(O)[C@@H]2C1. The number of rotatable bonds is 2. The predicted molar refractivity (Wildman–Crippen MR) is 167 cm³/mol. The lowest BCUT2D eigenvalue weighted by atomic mass is 9.33. The number of carbonyl (C=O) groups excluding carboxylic acids is 4. The van der Waals surface area contributed by atoms with E-state index in [0.29, 0.717) is 45.1 Å². The van der Waals surface area contributed by atoms with Gasteiger partial charge >= 0.3 is 5.97 Å². The van der Waals surface area contributed by atoms with E-state index in [2.05, 4.69) is 33.8 Å². The maximum absolute atomic E-state index is 14.7. The Kier molecular flexibility index (Phi) is 6.88. The summed E-state index contributed by atoms with van der Waals surface area (Å²) in [7, 11) is 1.35. The normalized spacial score (nSPS) is 46.8. The lowest BCUT2D eigenvalue weighted by molar-refractivity contribution is -0.243. The van der Waals surface area contributed by atoms with Gasteiger partial charge in [0.05, 0.1) is 12.7 Å². The molecular weight excluding hydrogens is 568 g/mol. The Morgan fingerprint density at radius 2 is 1.64 bits per heavy atom. The summed E-state index contributed by atoms with van der Waals surface area (Å²) < 4.78 is 5.03. The molecule has 1 saturated heterocycles. The van der Waals surface area contributed by atoms with E-state index in [1.807, 2.05) is 26.8 Å². The number of hydrogen-bond acceptors (Lipinski definition) is 7. The van der Waals surface area contributed by atoms with Gasteiger partial charge in [-0.2, -0.15) is 5.26 Å². The number of allylic oxidation sites excluding steroid dienone is 3. The van der Waals surface area contributed by atoms with Gasteiger partial charge in [0.25, 0.3) is 0 Å². The van der Waals surface area contributed by atoms with Gasteiger partial charge in [-0.3, -0.25) is 14.4 Å². The molecule has 1 amide bonds. The zero-order valence-corrected chi connectivity index (χ0v) is 28.3. The third kappa shape index (κ3) is 3.79. The topological polar surface area (TPSA) is 125 Å². The molecule has 0 aromatic heterocycles. The molecule has 0 aromatic carbocycles. The van der Waals surface area contributed by atoms with Gasteiger partial charge in [-0.05, 0) is 86.2 Å². The Morgan fingerprint density at radius 1 is 0.978 bits per heavy atom. The smallest absolute Gasteiger partial charge is 0.328 e. The molecule has 5 aliphatic carbocycles. The van der Waals surface area contributed by atoms with Crippen LogP contribution in [0.25, 0.3) is 0 Å². The molecule has 0 radical (unpaired) electrons. The van der Waals surface area contributed by atoms with E-state index < -0.39 is 50.6 Å². The van der Waals surface area contributed by atoms with Gasteiger partial charge in [0.2, 0.25) is 5.91 Å². The number of amides is 1. The van der Waals surface area contributed by atoms with Gasteiger partial charge in [0, 0.05) is 34.1 Å². The van der Waals surface area contributed by atoms with Crippen LogP contribution in [0, 0.1) is 55.7 Å². The van der Waals surface area contributed by atoms with Gasteiger partial charge < -0.3 is 14.7 Å². The molecule has 1 N–H and O–H groups in total. The summed E-state index contributed by atoms with van der Waals surface area (Å²) in [6.45, 7) is 14.8. The molecule has 6 aliphatic rings. The molecular formula is C37H50N2O6. The van der Waals surface area contributed by atoms with Crippen LogP contribution in [0.3, 0.4) is 0 Å². The number of nitriles is 1. The number of hydrogen-bond donors (Lipinski definition) is 1. The van der Waals surface area contributed by atoms with Crippen LogP contribution in [0.2, 0.25) is 0 Å². The molecule has 6 rings (SSSR count). The summed E-state index contributed by atoms with van der Waals surface area (Å²) >= 11 is 0. The van der Waals surface area contributed by atoms with Crippen molar-refractivity contribution in [3.63, 3.8) is 0 Å². The Bertz CT molecular complexity index is 1500. The average Bonchev–Trinajstić information content (AvgIpc) is 3.48. The van der Waals surface area contributed by atoms with Crippen LogP contribution in [0.15, 0.2) is 23.3 Å². The number of ketones is 2. The number of Topliss-reactive ketones (excluding diaryl/α,β-unsaturated/α-hetero) is 1. The first-order valence-electron chi connectivity index (χ1n) is 16.9. The molecule has 3 saturated carbocycles. The van der Waals surface area contributed by atoms with Gasteiger partial charge in [0.15, 0.2) is 11.6 Å². The highest BCUT2D eigenvalue weighted by Crippen LogP contribution is 2.75. The average molecular weight is 619 g/mol. The van der Waals surface area contributed by atoms with Crippen molar-refractivity contribution in [1.29, 1.82) is 5.26 Å². The first-order valence-corrected chi connectivity index (χ1v) is 16.9. The number of ether oxygens (including phenoxy) is 1. The largest absolute Gasteiger partial charge is 0.467 e. The van der Waals surface area contributed by atoms with Crippen molar-refractivity contribution in [2.24, 2.45) is 44.3 Å². The number of carbonyl (C=O) groups is 4. The van der Waals surface area contributed by atoms with Gasteiger partial charge in [-0.1, -0.05) is 54.5 Å². The fourth-order valence-corrected chi connectivity index (χ4v) is 11.7. The van der Waals surface area contributed by atoms with Crippen LogP contribution in [0.5, 0.6) is 0 Å². The maximum atomic E-state index is 14.7. The van der Waals surface area contributed by atoms with Gasteiger partial charge in [0.1, 0.15) is 17.7 Å². The molecule has 4 fully saturated rings. The third-order valence-corrected chi connectivity index (χ3v) is 14.8. The quantitative estimate of drug-likeness (QED) is 0.406. The van der Waals surface area contributed by atoms with Crippen molar-refractivity contribution < 1.29 is 29.0 Å². The Balaban J connectivity index is 1.45.